The van der Waals surface area contributed by atoms with E-state index in [1.807, 2.05) is 6.92 Å². The topological polar surface area (TPSA) is 38.7 Å². The van der Waals surface area contributed by atoms with Crippen LogP contribution in [0.25, 0.3) is 0 Å². The average molecular weight is 146 g/mol. The summed E-state index contributed by atoms with van der Waals surface area (Å²) in [5.41, 5.74) is 0. The van der Waals surface area contributed by atoms with E-state index in [0.717, 1.165) is 0 Å². The van der Waals surface area contributed by atoms with Gasteiger partial charge < -0.3 is 14.6 Å². The van der Waals surface area contributed by atoms with Crippen molar-refractivity contribution in [1.29, 1.82) is 0 Å². The molecule has 0 amide bonds. The highest BCUT2D eigenvalue weighted by Crippen LogP contribution is 2.16. The average Bonchev–Trinajstić information content (AvgIpc) is 1.88. The molecular weight excluding hydrogens is 132 g/mol. The Hall–Kier alpha value is -0.120. The van der Waals surface area contributed by atoms with E-state index in [-0.39, 0.29) is 6.10 Å². The van der Waals surface area contributed by atoms with Crippen LogP contribution in [0.1, 0.15) is 6.92 Å². The molecule has 1 fully saturated rings. The Labute approximate surface area is 60.9 Å². The van der Waals surface area contributed by atoms with Gasteiger partial charge in [-0.3, -0.25) is 0 Å². The predicted octanol–water partition coefficient (Wildman–Crippen LogP) is 0.0286. The minimum Gasteiger partial charge on any atom is -0.388 e. The molecule has 3 nitrogen and oxygen atoms in total. The van der Waals surface area contributed by atoms with Crippen molar-refractivity contribution in [2.24, 2.45) is 5.92 Å². The molecule has 1 aliphatic heterocycles. The van der Waals surface area contributed by atoms with Crippen LogP contribution in [0.15, 0.2) is 0 Å². The first-order valence-corrected chi connectivity index (χ1v) is 3.54. The van der Waals surface area contributed by atoms with Gasteiger partial charge in [0.25, 0.3) is 0 Å². The Kier molecular flexibility index (Phi) is 2.65. The Morgan fingerprint density at radius 1 is 1.50 bits per heavy atom. The minimum atomic E-state index is -0.450. The number of rotatable bonds is 1. The van der Waals surface area contributed by atoms with Gasteiger partial charge in [-0.15, -0.1) is 0 Å². The fourth-order valence-electron chi connectivity index (χ4n) is 1.33. The molecular formula is C7H14O3. The first-order valence-electron chi connectivity index (χ1n) is 3.54. The van der Waals surface area contributed by atoms with Gasteiger partial charge in [-0.25, -0.2) is 0 Å². The summed E-state index contributed by atoms with van der Waals surface area (Å²) in [7, 11) is 1.62. The number of aliphatic hydroxyl groups excluding tert-OH is 1. The second-order valence-electron chi connectivity index (χ2n) is 2.78. The number of aliphatic hydroxyl groups is 1. The van der Waals surface area contributed by atoms with Gasteiger partial charge in [0.1, 0.15) is 6.10 Å². The first-order chi connectivity index (χ1) is 4.75. The molecule has 0 aromatic heterocycles. The van der Waals surface area contributed by atoms with E-state index in [4.69, 9.17) is 9.47 Å². The number of ether oxygens (including phenoxy) is 2. The van der Waals surface area contributed by atoms with Crippen LogP contribution >= 0.6 is 0 Å². The zero-order valence-corrected chi connectivity index (χ0v) is 6.41. The van der Waals surface area contributed by atoms with Crippen LogP contribution < -0.4 is 0 Å². The van der Waals surface area contributed by atoms with E-state index >= 15 is 0 Å². The molecule has 1 saturated heterocycles. The lowest BCUT2D eigenvalue weighted by Gasteiger charge is -2.31. The summed E-state index contributed by atoms with van der Waals surface area (Å²) >= 11 is 0. The van der Waals surface area contributed by atoms with Crippen LogP contribution in [-0.4, -0.2) is 37.6 Å². The van der Waals surface area contributed by atoms with Gasteiger partial charge in [0.05, 0.1) is 19.3 Å². The molecule has 0 spiro atoms. The molecule has 0 saturated carbocycles. The maximum Gasteiger partial charge on any atom is 0.104 e. The monoisotopic (exact) mass is 146 g/mol. The molecule has 10 heavy (non-hydrogen) atoms. The second kappa shape index (κ2) is 3.32. The van der Waals surface area contributed by atoms with Crippen LogP contribution in [0.4, 0.5) is 0 Å². The predicted molar refractivity (Wildman–Crippen MR) is 36.8 cm³/mol. The highest BCUT2D eigenvalue weighted by atomic mass is 16.5. The van der Waals surface area contributed by atoms with Gasteiger partial charge in [0, 0.05) is 13.0 Å². The number of hydrogen-bond donors (Lipinski definition) is 1. The van der Waals surface area contributed by atoms with Crippen LogP contribution in [0, 0.1) is 5.92 Å². The van der Waals surface area contributed by atoms with Crippen molar-refractivity contribution in [3.8, 4) is 0 Å². The van der Waals surface area contributed by atoms with Crippen molar-refractivity contribution in [1.82, 2.24) is 0 Å². The zero-order chi connectivity index (χ0) is 7.56. The van der Waals surface area contributed by atoms with Gasteiger partial charge >= 0.3 is 0 Å². The smallest absolute Gasteiger partial charge is 0.104 e. The van der Waals surface area contributed by atoms with Gasteiger partial charge in [0.15, 0.2) is 0 Å². The normalized spacial score (nSPS) is 41.7. The lowest BCUT2D eigenvalue weighted by Crippen LogP contribution is -2.43. The summed E-state index contributed by atoms with van der Waals surface area (Å²) < 4.78 is 10.2. The maximum atomic E-state index is 9.29. The van der Waals surface area contributed by atoms with Gasteiger partial charge in [-0.05, 0) is 0 Å². The minimum absolute atomic E-state index is 0.0475. The highest BCUT2D eigenvalue weighted by molar-refractivity contribution is 4.77. The first kappa shape index (κ1) is 7.98. The Bertz CT molecular complexity index is 95.0. The zero-order valence-electron chi connectivity index (χ0n) is 6.41. The van der Waals surface area contributed by atoms with Crippen molar-refractivity contribution >= 4 is 0 Å². The third-order valence-corrected chi connectivity index (χ3v) is 1.88. The molecule has 0 bridgehead atoms. The summed E-state index contributed by atoms with van der Waals surface area (Å²) in [4.78, 5) is 0. The molecule has 1 heterocycles. The van der Waals surface area contributed by atoms with Crippen LogP contribution in [0.2, 0.25) is 0 Å². The maximum absolute atomic E-state index is 9.29. The standard InChI is InChI=1S/C7H14O3/c1-5-3-10-4-6(8)7(5)9-2/h5-8H,3-4H2,1-2H3. The van der Waals surface area contributed by atoms with E-state index in [9.17, 15) is 5.11 Å². The fourth-order valence-corrected chi connectivity index (χ4v) is 1.33. The molecule has 1 aliphatic rings. The Morgan fingerprint density at radius 2 is 2.20 bits per heavy atom. The quantitative estimate of drug-likeness (QED) is 0.567. The summed E-state index contributed by atoms with van der Waals surface area (Å²) in [5, 5.41) is 9.29. The fraction of sp³-hybridized carbons (Fsp3) is 1.00. The van der Waals surface area contributed by atoms with Crippen LogP contribution in [0.3, 0.4) is 0 Å². The third kappa shape index (κ3) is 1.48. The van der Waals surface area contributed by atoms with E-state index in [1.54, 1.807) is 7.11 Å². The summed E-state index contributed by atoms with van der Waals surface area (Å²) in [6, 6.07) is 0. The van der Waals surface area contributed by atoms with Crippen molar-refractivity contribution in [2.45, 2.75) is 19.1 Å². The Morgan fingerprint density at radius 3 is 2.60 bits per heavy atom. The van der Waals surface area contributed by atoms with E-state index in [0.29, 0.717) is 19.1 Å². The van der Waals surface area contributed by atoms with Gasteiger partial charge in [-0.1, -0.05) is 6.92 Å². The molecule has 1 N–H and O–H groups in total. The largest absolute Gasteiger partial charge is 0.388 e. The van der Waals surface area contributed by atoms with Crippen molar-refractivity contribution in [3.63, 3.8) is 0 Å². The lowest BCUT2D eigenvalue weighted by molar-refractivity contribution is -0.129. The molecule has 0 aromatic carbocycles. The molecule has 3 heteroatoms. The molecule has 1 rings (SSSR count). The van der Waals surface area contributed by atoms with Gasteiger partial charge in [-0.2, -0.15) is 0 Å². The van der Waals surface area contributed by atoms with Crippen molar-refractivity contribution in [2.75, 3.05) is 20.3 Å². The lowest BCUT2D eigenvalue weighted by atomic mass is 9.99. The third-order valence-electron chi connectivity index (χ3n) is 1.88. The van der Waals surface area contributed by atoms with Crippen molar-refractivity contribution < 1.29 is 14.6 Å². The van der Waals surface area contributed by atoms with Crippen molar-refractivity contribution in [3.05, 3.63) is 0 Å². The molecule has 0 aromatic rings. The summed E-state index contributed by atoms with van der Waals surface area (Å²) in [6.45, 7) is 3.11. The van der Waals surface area contributed by atoms with E-state index in [2.05, 4.69) is 0 Å². The molecule has 3 atom stereocenters. The molecule has 60 valence electrons. The summed E-state index contributed by atoms with van der Waals surface area (Å²) in [5.74, 6) is 0.300. The molecule has 3 unspecified atom stereocenters. The molecule has 0 aliphatic carbocycles. The number of hydrogen-bond acceptors (Lipinski definition) is 3. The van der Waals surface area contributed by atoms with E-state index in [1.165, 1.54) is 0 Å². The van der Waals surface area contributed by atoms with Crippen LogP contribution in [-0.2, 0) is 9.47 Å². The SMILES string of the molecule is COC1C(C)COCC1O. The number of methoxy groups -OCH3 is 1. The summed E-state index contributed by atoms with van der Waals surface area (Å²) in [6.07, 6.45) is -0.498. The van der Waals surface area contributed by atoms with Crippen LogP contribution in [0.5, 0.6) is 0 Å². The highest BCUT2D eigenvalue weighted by Gasteiger charge is 2.29. The Balaban J connectivity index is 2.45. The molecule has 0 radical (unpaired) electrons. The van der Waals surface area contributed by atoms with Gasteiger partial charge in [0.2, 0.25) is 0 Å². The van der Waals surface area contributed by atoms with E-state index < -0.39 is 6.10 Å². The second-order valence-corrected chi connectivity index (χ2v) is 2.78.